The van der Waals surface area contributed by atoms with Gasteiger partial charge in [0, 0.05) is 12.1 Å². The summed E-state index contributed by atoms with van der Waals surface area (Å²) in [7, 11) is 0. The molecule has 0 aliphatic carbocycles. The molecule has 1 aromatic rings. The Morgan fingerprint density at radius 3 is 2.33 bits per heavy atom. The van der Waals surface area contributed by atoms with Crippen LogP contribution in [-0.4, -0.2) is 23.8 Å². The second-order valence-electron chi connectivity index (χ2n) is 3.98. The SMILES string of the molecule is CC(Cc1ccc(F)cc1)N[C@@H](C)CO. The Morgan fingerprint density at radius 2 is 1.80 bits per heavy atom. The lowest BCUT2D eigenvalue weighted by Gasteiger charge is -2.18. The van der Waals surface area contributed by atoms with Crippen LogP contribution in [0.25, 0.3) is 0 Å². The fraction of sp³-hybridized carbons (Fsp3) is 0.500. The van der Waals surface area contributed by atoms with Crippen molar-refractivity contribution in [2.24, 2.45) is 0 Å². The Labute approximate surface area is 90.1 Å². The smallest absolute Gasteiger partial charge is 0.123 e. The first-order valence-corrected chi connectivity index (χ1v) is 5.23. The summed E-state index contributed by atoms with van der Waals surface area (Å²) in [5, 5.41) is 12.1. The van der Waals surface area contributed by atoms with E-state index in [0.29, 0.717) is 0 Å². The Morgan fingerprint density at radius 1 is 1.20 bits per heavy atom. The zero-order chi connectivity index (χ0) is 11.3. The number of hydrogen-bond acceptors (Lipinski definition) is 2. The zero-order valence-corrected chi connectivity index (χ0v) is 9.20. The molecule has 3 heteroatoms. The molecule has 0 aromatic heterocycles. The summed E-state index contributed by atoms with van der Waals surface area (Å²) in [6.07, 6.45) is 0.838. The van der Waals surface area contributed by atoms with Gasteiger partial charge in [-0.05, 0) is 38.0 Å². The number of aliphatic hydroxyl groups excluding tert-OH is 1. The summed E-state index contributed by atoms with van der Waals surface area (Å²) in [6, 6.07) is 6.89. The van der Waals surface area contributed by atoms with E-state index in [2.05, 4.69) is 12.2 Å². The third-order valence-corrected chi connectivity index (χ3v) is 2.30. The van der Waals surface area contributed by atoms with E-state index in [9.17, 15) is 4.39 Å². The van der Waals surface area contributed by atoms with E-state index in [0.717, 1.165) is 12.0 Å². The number of hydrogen-bond donors (Lipinski definition) is 2. The number of nitrogens with one attached hydrogen (secondary N) is 1. The molecule has 15 heavy (non-hydrogen) atoms. The van der Waals surface area contributed by atoms with Crippen LogP contribution in [0.5, 0.6) is 0 Å². The Hall–Kier alpha value is -0.930. The molecule has 1 unspecified atom stereocenters. The van der Waals surface area contributed by atoms with Crippen molar-refractivity contribution < 1.29 is 9.50 Å². The molecule has 1 aromatic carbocycles. The molecule has 2 atom stereocenters. The summed E-state index contributed by atoms with van der Waals surface area (Å²) in [5.74, 6) is -0.205. The summed E-state index contributed by atoms with van der Waals surface area (Å²) >= 11 is 0. The summed E-state index contributed by atoms with van der Waals surface area (Å²) < 4.78 is 12.6. The Balaban J connectivity index is 2.44. The van der Waals surface area contributed by atoms with Gasteiger partial charge in [-0.15, -0.1) is 0 Å². The van der Waals surface area contributed by atoms with Gasteiger partial charge in [-0.3, -0.25) is 0 Å². The molecule has 0 amide bonds. The van der Waals surface area contributed by atoms with E-state index < -0.39 is 0 Å². The lowest BCUT2D eigenvalue weighted by molar-refractivity contribution is 0.242. The van der Waals surface area contributed by atoms with Gasteiger partial charge in [0.05, 0.1) is 6.61 Å². The highest BCUT2D eigenvalue weighted by Crippen LogP contribution is 2.05. The van der Waals surface area contributed by atoms with Crippen LogP contribution < -0.4 is 5.32 Å². The lowest BCUT2D eigenvalue weighted by atomic mass is 10.1. The number of halogens is 1. The quantitative estimate of drug-likeness (QED) is 0.777. The Kier molecular flexibility index (Phi) is 4.72. The van der Waals surface area contributed by atoms with Crippen LogP contribution >= 0.6 is 0 Å². The summed E-state index contributed by atoms with van der Waals surface area (Å²) in [4.78, 5) is 0. The molecular formula is C12H18FNO. The van der Waals surface area contributed by atoms with Crippen LogP contribution in [0.1, 0.15) is 19.4 Å². The molecule has 0 bridgehead atoms. The molecular weight excluding hydrogens is 193 g/mol. The van der Waals surface area contributed by atoms with Gasteiger partial charge in [-0.25, -0.2) is 4.39 Å². The highest BCUT2D eigenvalue weighted by molar-refractivity contribution is 5.17. The van der Waals surface area contributed by atoms with Gasteiger partial charge in [-0.1, -0.05) is 12.1 Å². The predicted octanol–water partition coefficient (Wildman–Crippen LogP) is 1.73. The second kappa shape index (κ2) is 5.83. The lowest BCUT2D eigenvalue weighted by Crippen LogP contribution is -2.37. The average Bonchev–Trinajstić information content (AvgIpc) is 2.21. The van der Waals surface area contributed by atoms with Crippen LogP contribution in [0.2, 0.25) is 0 Å². The molecule has 0 radical (unpaired) electrons. The van der Waals surface area contributed by atoms with Crippen molar-refractivity contribution in [3.8, 4) is 0 Å². The third-order valence-electron chi connectivity index (χ3n) is 2.30. The minimum Gasteiger partial charge on any atom is -0.395 e. The van der Waals surface area contributed by atoms with Crippen molar-refractivity contribution in [2.45, 2.75) is 32.4 Å². The minimum atomic E-state index is -0.205. The van der Waals surface area contributed by atoms with E-state index in [1.165, 1.54) is 12.1 Å². The van der Waals surface area contributed by atoms with Crippen LogP contribution in [-0.2, 0) is 6.42 Å². The first-order chi connectivity index (χ1) is 7.11. The molecule has 0 fully saturated rings. The van der Waals surface area contributed by atoms with E-state index in [-0.39, 0.29) is 24.5 Å². The van der Waals surface area contributed by atoms with Gasteiger partial charge in [0.1, 0.15) is 5.82 Å². The molecule has 0 saturated heterocycles. The molecule has 84 valence electrons. The maximum Gasteiger partial charge on any atom is 0.123 e. The number of aliphatic hydroxyl groups is 1. The molecule has 0 heterocycles. The van der Waals surface area contributed by atoms with Crippen molar-refractivity contribution >= 4 is 0 Å². The number of benzene rings is 1. The molecule has 2 nitrogen and oxygen atoms in total. The topological polar surface area (TPSA) is 32.3 Å². The van der Waals surface area contributed by atoms with Gasteiger partial charge in [0.25, 0.3) is 0 Å². The van der Waals surface area contributed by atoms with Crippen LogP contribution in [0.15, 0.2) is 24.3 Å². The van der Waals surface area contributed by atoms with Gasteiger partial charge in [0.15, 0.2) is 0 Å². The first-order valence-electron chi connectivity index (χ1n) is 5.23. The average molecular weight is 211 g/mol. The van der Waals surface area contributed by atoms with E-state index in [1.54, 1.807) is 12.1 Å². The van der Waals surface area contributed by atoms with E-state index >= 15 is 0 Å². The van der Waals surface area contributed by atoms with Gasteiger partial charge in [0.2, 0.25) is 0 Å². The normalized spacial score (nSPS) is 14.9. The van der Waals surface area contributed by atoms with Crippen molar-refractivity contribution in [1.29, 1.82) is 0 Å². The monoisotopic (exact) mass is 211 g/mol. The maximum atomic E-state index is 12.6. The third kappa shape index (κ3) is 4.40. The molecule has 2 N–H and O–H groups in total. The van der Waals surface area contributed by atoms with E-state index in [1.807, 2.05) is 6.92 Å². The second-order valence-corrected chi connectivity index (χ2v) is 3.98. The zero-order valence-electron chi connectivity index (χ0n) is 9.20. The van der Waals surface area contributed by atoms with Gasteiger partial charge < -0.3 is 10.4 Å². The molecule has 0 saturated carbocycles. The van der Waals surface area contributed by atoms with Crippen LogP contribution in [0.3, 0.4) is 0 Å². The Bertz CT molecular complexity index is 286. The molecule has 1 rings (SSSR count). The molecule has 0 spiro atoms. The minimum absolute atomic E-state index is 0.0976. The van der Waals surface area contributed by atoms with Crippen LogP contribution in [0.4, 0.5) is 4.39 Å². The molecule has 0 aliphatic rings. The first kappa shape index (κ1) is 12.1. The maximum absolute atomic E-state index is 12.6. The largest absolute Gasteiger partial charge is 0.395 e. The van der Waals surface area contributed by atoms with Gasteiger partial charge >= 0.3 is 0 Å². The van der Waals surface area contributed by atoms with Crippen molar-refractivity contribution in [1.82, 2.24) is 5.32 Å². The molecule has 0 aliphatic heterocycles. The summed E-state index contributed by atoms with van der Waals surface area (Å²) in [5.41, 5.74) is 1.10. The van der Waals surface area contributed by atoms with E-state index in [4.69, 9.17) is 5.11 Å². The van der Waals surface area contributed by atoms with Crippen molar-refractivity contribution in [3.05, 3.63) is 35.6 Å². The van der Waals surface area contributed by atoms with Crippen molar-refractivity contribution in [2.75, 3.05) is 6.61 Å². The number of rotatable bonds is 5. The predicted molar refractivity (Wildman–Crippen MR) is 59.2 cm³/mol. The van der Waals surface area contributed by atoms with Crippen LogP contribution in [0, 0.1) is 5.82 Å². The van der Waals surface area contributed by atoms with Gasteiger partial charge in [-0.2, -0.15) is 0 Å². The summed E-state index contributed by atoms with van der Waals surface area (Å²) in [6.45, 7) is 4.12. The standard InChI is InChI=1S/C12H18FNO/c1-9(14-10(2)8-15)7-11-3-5-12(13)6-4-11/h3-6,9-10,14-15H,7-8H2,1-2H3/t9?,10-/m0/s1. The highest BCUT2D eigenvalue weighted by atomic mass is 19.1. The fourth-order valence-corrected chi connectivity index (χ4v) is 1.57. The van der Waals surface area contributed by atoms with Crippen molar-refractivity contribution in [3.63, 3.8) is 0 Å². The fourth-order valence-electron chi connectivity index (χ4n) is 1.57. The highest BCUT2D eigenvalue weighted by Gasteiger charge is 2.06.